The number of urea groups is 1. The molecule has 1 aliphatic rings. The summed E-state index contributed by atoms with van der Waals surface area (Å²) in [7, 11) is 1.72. The first-order chi connectivity index (χ1) is 10.7. The first-order valence-corrected chi connectivity index (χ1v) is 7.30. The minimum absolute atomic E-state index is 0.0232. The molecule has 0 unspecified atom stereocenters. The van der Waals surface area contributed by atoms with E-state index in [9.17, 15) is 4.79 Å². The summed E-state index contributed by atoms with van der Waals surface area (Å²) in [6.45, 7) is 0.633. The van der Waals surface area contributed by atoms with E-state index in [4.69, 9.17) is 4.74 Å². The highest BCUT2D eigenvalue weighted by Crippen LogP contribution is 2.27. The highest BCUT2D eigenvalue weighted by atomic mass is 16.5. The molecule has 2 atom stereocenters. The number of aromatic nitrogens is 3. The Morgan fingerprint density at radius 1 is 1.36 bits per heavy atom. The largest absolute Gasteiger partial charge is 0.373 e. The smallest absolute Gasteiger partial charge is 0.321 e. The van der Waals surface area contributed by atoms with Crippen LogP contribution in [-0.4, -0.2) is 33.4 Å². The van der Waals surface area contributed by atoms with E-state index in [-0.39, 0.29) is 18.2 Å². The fraction of sp³-hybridized carbons (Fsp3) is 0.400. The summed E-state index contributed by atoms with van der Waals surface area (Å²) in [6, 6.07) is 9.88. The van der Waals surface area contributed by atoms with Crippen molar-refractivity contribution in [2.75, 3.05) is 11.9 Å². The van der Waals surface area contributed by atoms with Crippen molar-refractivity contribution in [1.82, 2.24) is 20.1 Å². The first kappa shape index (κ1) is 14.5. The molecule has 2 heterocycles. The molecule has 1 aliphatic heterocycles. The number of aryl methyl sites for hydroxylation is 1. The number of ether oxygens (including phenoxy) is 1. The lowest BCUT2D eigenvalue weighted by Gasteiger charge is -2.30. The second-order valence-corrected chi connectivity index (χ2v) is 5.30. The number of hydrogen-bond acceptors (Lipinski definition) is 4. The van der Waals surface area contributed by atoms with E-state index in [1.807, 2.05) is 30.3 Å². The zero-order valence-electron chi connectivity index (χ0n) is 12.4. The van der Waals surface area contributed by atoms with Gasteiger partial charge in [-0.05, 0) is 18.4 Å². The zero-order valence-corrected chi connectivity index (χ0v) is 12.4. The van der Waals surface area contributed by atoms with E-state index in [2.05, 4.69) is 20.7 Å². The fourth-order valence-corrected chi connectivity index (χ4v) is 2.56. The summed E-state index contributed by atoms with van der Waals surface area (Å²) in [4.78, 5) is 16.0. The van der Waals surface area contributed by atoms with Crippen LogP contribution in [0.4, 0.5) is 10.7 Å². The van der Waals surface area contributed by atoms with Crippen molar-refractivity contribution in [3.63, 3.8) is 0 Å². The molecule has 116 valence electrons. The number of carbonyl (C=O) groups excluding carboxylic acids is 1. The van der Waals surface area contributed by atoms with Crippen molar-refractivity contribution in [2.45, 2.75) is 25.0 Å². The van der Waals surface area contributed by atoms with Crippen molar-refractivity contribution < 1.29 is 9.53 Å². The Morgan fingerprint density at radius 3 is 2.91 bits per heavy atom. The van der Waals surface area contributed by atoms with Gasteiger partial charge >= 0.3 is 6.03 Å². The van der Waals surface area contributed by atoms with Gasteiger partial charge in [0.05, 0.1) is 6.10 Å². The third-order valence-electron chi connectivity index (χ3n) is 3.73. The molecule has 2 N–H and O–H groups in total. The molecule has 0 spiro atoms. The Kier molecular flexibility index (Phi) is 4.34. The van der Waals surface area contributed by atoms with Crippen LogP contribution in [0.3, 0.4) is 0 Å². The third kappa shape index (κ3) is 3.43. The van der Waals surface area contributed by atoms with Crippen LogP contribution in [0, 0.1) is 0 Å². The van der Waals surface area contributed by atoms with Crippen molar-refractivity contribution >= 4 is 12.0 Å². The van der Waals surface area contributed by atoms with Crippen LogP contribution in [0.25, 0.3) is 0 Å². The van der Waals surface area contributed by atoms with Gasteiger partial charge in [-0.25, -0.2) is 9.48 Å². The lowest BCUT2D eigenvalue weighted by molar-refractivity contribution is 0.00253. The molecule has 7 heteroatoms. The van der Waals surface area contributed by atoms with Gasteiger partial charge in [0.2, 0.25) is 5.95 Å². The Hall–Kier alpha value is -2.41. The maximum Gasteiger partial charge on any atom is 0.321 e. The quantitative estimate of drug-likeness (QED) is 0.906. The van der Waals surface area contributed by atoms with Crippen LogP contribution in [0.1, 0.15) is 24.5 Å². The van der Waals surface area contributed by atoms with Gasteiger partial charge in [-0.2, -0.15) is 10.1 Å². The van der Waals surface area contributed by atoms with E-state index in [0.717, 1.165) is 18.4 Å². The zero-order chi connectivity index (χ0) is 15.4. The van der Waals surface area contributed by atoms with Crippen LogP contribution in [0.5, 0.6) is 0 Å². The maximum atomic E-state index is 12.0. The average molecular weight is 301 g/mol. The van der Waals surface area contributed by atoms with Crippen LogP contribution < -0.4 is 10.6 Å². The lowest BCUT2D eigenvalue weighted by atomic mass is 9.97. The molecule has 7 nitrogen and oxygen atoms in total. The molecule has 22 heavy (non-hydrogen) atoms. The maximum absolute atomic E-state index is 12.0. The minimum atomic E-state index is -0.269. The van der Waals surface area contributed by atoms with E-state index >= 15 is 0 Å². The summed E-state index contributed by atoms with van der Waals surface area (Å²) in [6.07, 6.45) is 2.98. The standard InChI is InChI=1S/C15H19N5O2/c1-20-14(16-10-17-20)19-15(21)18-12-7-8-22-13(9-12)11-5-3-2-4-6-11/h2-6,10,12-13H,7-9H2,1H3,(H2,16,17,18,19,21)/t12-,13-/m0/s1. The molecule has 3 rings (SSSR count). The summed E-state index contributed by atoms with van der Waals surface area (Å²) >= 11 is 0. The fourth-order valence-electron chi connectivity index (χ4n) is 2.56. The lowest BCUT2D eigenvalue weighted by Crippen LogP contribution is -2.42. The molecule has 1 fully saturated rings. The Bertz CT molecular complexity index is 628. The average Bonchev–Trinajstić information content (AvgIpc) is 2.93. The molecule has 2 amide bonds. The van der Waals surface area contributed by atoms with Crippen molar-refractivity contribution in [3.8, 4) is 0 Å². The predicted octanol–water partition coefficient (Wildman–Crippen LogP) is 1.86. The highest BCUT2D eigenvalue weighted by Gasteiger charge is 2.25. The Balaban J connectivity index is 1.56. The number of rotatable bonds is 3. The number of nitrogens with one attached hydrogen (secondary N) is 2. The molecule has 1 aromatic heterocycles. The highest BCUT2D eigenvalue weighted by molar-refractivity contribution is 5.87. The van der Waals surface area contributed by atoms with E-state index < -0.39 is 0 Å². The first-order valence-electron chi connectivity index (χ1n) is 7.30. The van der Waals surface area contributed by atoms with Gasteiger partial charge < -0.3 is 10.1 Å². The van der Waals surface area contributed by atoms with Crippen LogP contribution in [-0.2, 0) is 11.8 Å². The predicted molar refractivity (Wildman–Crippen MR) is 81.3 cm³/mol. The van der Waals surface area contributed by atoms with Gasteiger partial charge in [0.1, 0.15) is 6.33 Å². The number of benzene rings is 1. The number of amides is 2. The van der Waals surface area contributed by atoms with Crippen molar-refractivity contribution in [1.29, 1.82) is 0 Å². The number of nitrogens with zero attached hydrogens (tertiary/aromatic N) is 3. The number of carbonyl (C=O) groups is 1. The Labute approximate surface area is 128 Å². The second-order valence-electron chi connectivity index (χ2n) is 5.30. The second kappa shape index (κ2) is 6.57. The summed E-state index contributed by atoms with van der Waals surface area (Å²) in [5.74, 6) is 0.421. The van der Waals surface area contributed by atoms with Crippen LogP contribution in [0.2, 0.25) is 0 Å². The van der Waals surface area contributed by atoms with Crippen molar-refractivity contribution in [2.24, 2.45) is 7.05 Å². The normalized spacial score (nSPS) is 21.3. The molecule has 1 saturated heterocycles. The molecule has 0 radical (unpaired) electrons. The van der Waals surface area contributed by atoms with Crippen molar-refractivity contribution in [3.05, 3.63) is 42.2 Å². The van der Waals surface area contributed by atoms with Crippen LogP contribution >= 0.6 is 0 Å². The van der Waals surface area contributed by atoms with Gasteiger partial charge in [0, 0.05) is 19.7 Å². The van der Waals surface area contributed by atoms with E-state index in [1.54, 1.807) is 7.05 Å². The molecule has 1 aromatic carbocycles. The number of anilines is 1. The molecular formula is C15H19N5O2. The van der Waals surface area contributed by atoms with Gasteiger partial charge in [0.15, 0.2) is 0 Å². The van der Waals surface area contributed by atoms with Gasteiger partial charge in [-0.15, -0.1) is 0 Å². The topological polar surface area (TPSA) is 81.1 Å². The summed E-state index contributed by atoms with van der Waals surface area (Å²) < 4.78 is 7.31. The van der Waals surface area contributed by atoms with Crippen LogP contribution in [0.15, 0.2) is 36.7 Å². The molecule has 2 aromatic rings. The summed E-state index contributed by atoms with van der Waals surface area (Å²) in [5.41, 5.74) is 1.14. The van der Waals surface area contributed by atoms with E-state index in [1.165, 1.54) is 11.0 Å². The van der Waals surface area contributed by atoms with Gasteiger partial charge in [0.25, 0.3) is 0 Å². The van der Waals surface area contributed by atoms with Gasteiger partial charge in [-0.1, -0.05) is 30.3 Å². The monoisotopic (exact) mass is 301 g/mol. The molecule has 0 bridgehead atoms. The molecule has 0 aliphatic carbocycles. The molecule has 0 saturated carbocycles. The molecular weight excluding hydrogens is 282 g/mol. The SMILES string of the molecule is Cn1ncnc1NC(=O)N[C@H]1CCO[C@H](c2ccccc2)C1. The Morgan fingerprint density at radius 2 is 2.18 bits per heavy atom. The third-order valence-corrected chi connectivity index (χ3v) is 3.73. The van der Waals surface area contributed by atoms with Gasteiger partial charge in [-0.3, -0.25) is 5.32 Å². The number of hydrogen-bond donors (Lipinski definition) is 2. The summed E-state index contributed by atoms with van der Waals surface area (Å²) in [5, 5.41) is 9.57. The minimum Gasteiger partial charge on any atom is -0.373 e. The van der Waals surface area contributed by atoms with E-state index in [0.29, 0.717) is 12.6 Å².